The van der Waals surface area contributed by atoms with Crippen LogP contribution in [-0.4, -0.2) is 33.2 Å². The highest BCUT2D eigenvalue weighted by Gasteiger charge is 2.28. The average Bonchev–Trinajstić information content (AvgIpc) is 2.42. The number of carbonyl (C=O) groups is 2. The Kier molecular flexibility index (Phi) is 5.98. The number of hydrogen-bond donors (Lipinski definition) is 2. The molecule has 2 N–H and O–H groups in total. The zero-order valence-electron chi connectivity index (χ0n) is 11.7. The van der Waals surface area contributed by atoms with Crippen LogP contribution in [0.15, 0.2) is 29.2 Å². The average molecular weight is 316 g/mol. The van der Waals surface area contributed by atoms with Crippen molar-refractivity contribution in [1.29, 1.82) is 0 Å². The Labute approximate surface area is 122 Å². The number of benzene rings is 1. The Morgan fingerprint density at radius 3 is 2.33 bits per heavy atom. The van der Waals surface area contributed by atoms with Gasteiger partial charge in [0.1, 0.15) is 18.1 Å². The van der Waals surface area contributed by atoms with Gasteiger partial charge in [-0.15, -0.1) is 0 Å². The van der Waals surface area contributed by atoms with E-state index in [4.69, 9.17) is 0 Å². The molecule has 0 radical (unpaired) electrons. The number of nitrogens with one attached hydrogen (secondary N) is 2. The molecular weight excluding hydrogens is 299 g/mol. The van der Waals surface area contributed by atoms with Crippen LogP contribution >= 0.6 is 0 Å². The summed E-state index contributed by atoms with van der Waals surface area (Å²) in [6, 6.07) is 3.23. The van der Waals surface area contributed by atoms with Crippen LogP contribution in [0.4, 0.5) is 4.39 Å². The van der Waals surface area contributed by atoms with Crippen LogP contribution in [0.1, 0.15) is 13.8 Å². The molecule has 21 heavy (non-hydrogen) atoms. The highest BCUT2D eigenvalue weighted by Crippen LogP contribution is 2.12. The largest absolute Gasteiger partial charge is 0.348 e. The van der Waals surface area contributed by atoms with Gasteiger partial charge in [-0.3, -0.25) is 4.79 Å². The van der Waals surface area contributed by atoms with Gasteiger partial charge in [-0.2, -0.15) is 4.72 Å². The minimum Gasteiger partial charge on any atom is -0.348 e. The maximum atomic E-state index is 12.8. The lowest BCUT2D eigenvalue weighted by Crippen LogP contribution is -2.49. The topological polar surface area (TPSA) is 92.3 Å². The summed E-state index contributed by atoms with van der Waals surface area (Å²) in [5.41, 5.74) is 0. The van der Waals surface area contributed by atoms with Crippen molar-refractivity contribution in [3.8, 4) is 0 Å². The van der Waals surface area contributed by atoms with E-state index >= 15 is 0 Å². The quantitative estimate of drug-likeness (QED) is 0.714. The van der Waals surface area contributed by atoms with E-state index < -0.39 is 27.8 Å². The first-order valence-corrected chi connectivity index (χ1v) is 7.75. The zero-order valence-corrected chi connectivity index (χ0v) is 12.5. The number of aldehydes is 1. The van der Waals surface area contributed by atoms with E-state index in [0.717, 1.165) is 24.3 Å². The predicted molar refractivity (Wildman–Crippen MR) is 74.4 cm³/mol. The van der Waals surface area contributed by atoms with Crippen LogP contribution in [-0.2, 0) is 19.6 Å². The lowest BCUT2D eigenvalue weighted by molar-refractivity contribution is -0.124. The molecule has 0 heterocycles. The molecule has 0 aliphatic rings. The van der Waals surface area contributed by atoms with Gasteiger partial charge in [-0.1, -0.05) is 13.8 Å². The van der Waals surface area contributed by atoms with Gasteiger partial charge in [0.15, 0.2) is 0 Å². The zero-order chi connectivity index (χ0) is 16.0. The predicted octanol–water partition coefficient (Wildman–Crippen LogP) is 0.444. The van der Waals surface area contributed by atoms with Crippen LogP contribution in [0, 0.1) is 11.7 Å². The number of sulfonamides is 1. The molecule has 1 aromatic rings. The van der Waals surface area contributed by atoms with Crippen molar-refractivity contribution in [2.45, 2.75) is 24.8 Å². The third-order valence-electron chi connectivity index (χ3n) is 2.71. The molecule has 0 aliphatic carbocycles. The summed E-state index contributed by atoms with van der Waals surface area (Å²) in [5.74, 6) is -1.48. The summed E-state index contributed by atoms with van der Waals surface area (Å²) in [4.78, 5) is 22.0. The Balaban J connectivity index is 2.94. The fraction of sp³-hybridized carbons (Fsp3) is 0.385. The summed E-state index contributed by atoms with van der Waals surface area (Å²) in [7, 11) is -3.96. The Bertz CT molecular complexity index is 599. The molecule has 0 bridgehead atoms. The second kappa shape index (κ2) is 7.28. The maximum Gasteiger partial charge on any atom is 0.241 e. The molecule has 8 heteroatoms. The van der Waals surface area contributed by atoms with Gasteiger partial charge in [0, 0.05) is 0 Å². The third-order valence-corrected chi connectivity index (χ3v) is 4.17. The minimum absolute atomic E-state index is 0.141. The molecule has 0 unspecified atom stereocenters. The second-order valence-corrected chi connectivity index (χ2v) is 6.42. The van der Waals surface area contributed by atoms with Gasteiger partial charge in [-0.05, 0) is 30.2 Å². The van der Waals surface area contributed by atoms with Crippen molar-refractivity contribution in [3.05, 3.63) is 30.1 Å². The molecule has 0 saturated heterocycles. The third kappa shape index (κ3) is 4.91. The van der Waals surface area contributed by atoms with Crippen LogP contribution in [0.5, 0.6) is 0 Å². The lowest BCUT2D eigenvalue weighted by atomic mass is 10.1. The molecule has 116 valence electrons. The molecule has 1 amide bonds. The van der Waals surface area contributed by atoms with Crippen LogP contribution in [0.2, 0.25) is 0 Å². The van der Waals surface area contributed by atoms with E-state index in [1.54, 1.807) is 13.8 Å². The number of rotatable bonds is 7. The lowest BCUT2D eigenvalue weighted by Gasteiger charge is -2.21. The monoisotopic (exact) mass is 316 g/mol. The molecular formula is C13H17FN2O4S. The fourth-order valence-electron chi connectivity index (χ4n) is 1.59. The van der Waals surface area contributed by atoms with E-state index in [0.29, 0.717) is 6.29 Å². The van der Waals surface area contributed by atoms with Crippen molar-refractivity contribution in [2.24, 2.45) is 5.92 Å². The highest BCUT2D eigenvalue weighted by atomic mass is 32.2. The Hall–Kier alpha value is -1.80. The van der Waals surface area contributed by atoms with E-state index in [1.807, 2.05) is 0 Å². The standard InChI is InChI=1S/C13H17FN2O4S/c1-9(2)12(13(18)15-7-8-17)16-21(19,20)11-5-3-10(14)4-6-11/h3-6,8-9,12,16H,7H2,1-2H3,(H,15,18)/t12-/m0/s1. The Morgan fingerprint density at radius 2 is 1.86 bits per heavy atom. The number of amides is 1. The van der Waals surface area contributed by atoms with Gasteiger partial charge in [0.05, 0.1) is 11.4 Å². The molecule has 0 saturated carbocycles. The molecule has 1 atom stereocenters. The van der Waals surface area contributed by atoms with Crippen molar-refractivity contribution in [1.82, 2.24) is 10.0 Å². The Morgan fingerprint density at radius 1 is 1.29 bits per heavy atom. The molecule has 0 aromatic heterocycles. The van der Waals surface area contributed by atoms with Crippen molar-refractivity contribution >= 4 is 22.2 Å². The number of carbonyl (C=O) groups excluding carboxylic acids is 2. The second-order valence-electron chi connectivity index (χ2n) is 4.71. The molecule has 1 aromatic carbocycles. The van der Waals surface area contributed by atoms with E-state index in [2.05, 4.69) is 10.0 Å². The van der Waals surface area contributed by atoms with Gasteiger partial charge in [0.25, 0.3) is 0 Å². The minimum atomic E-state index is -3.96. The van der Waals surface area contributed by atoms with Crippen LogP contribution in [0.3, 0.4) is 0 Å². The van der Waals surface area contributed by atoms with E-state index in [-0.39, 0.29) is 17.4 Å². The molecule has 0 spiro atoms. The summed E-state index contributed by atoms with van der Waals surface area (Å²) in [5, 5.41) is 2.30. The van der Waals surface area contributed by atoms with Gasteiger partial charge in [-0.25, -0.2) is 12.8 Å². The maximum absolute atomic E-state index is 12.8. The summed E-state index contributed by atoms with van der Waals surface area (Å²) in [6.45, 7) is 3.14. The smallest absolute Gasteiger partial charge is 0.241 e. The van der Waals surface area contributed by atoms with Gasteiger partial charge < -0.3 is 10.1 Å². The van der Waals surface area contributed by atoms with Crippen molar-refractivity contribution < 1.29 is 22.4 Å². The van der Waals surface area contributed by atoms with Crippen LogP contribution < -0.4 is 10.0 Å². The molecule has 0 aliphatic heterocycles. The highest BCUT2D eigenvalue weighted by molar-refractivity contribution is 7.89. The summed E-state index contributed by atoms with van der Waals surface area (Å²) >= 11 is 0. The number of halogens is 1. The first-order valence-electron chi connectivity index (χ1n) is 6.27. The molecule has 6 nitrogen and oxygen atoms in total. The normalized spacial score (nSPS) is 13.0. The summed E-state index contributed by atoms with van der Waals surface area (Å²) < 4.78 is 39.4. The van der Waals surface area contributed by atoms with E-state index in [9.17, 15) is 22.4 Å². The molecule has 1 rings (SSSR count). The van der Waals surface area contributed by atoms with E-state index in [1.165, 1.54) is 0 Å². The number of hydrogen-bond acceptors (Lipinski definition) is 4. The van der Waals surface area contributed by atoms with Gasteiger partial charge in [0.2, 0.25) is 15.9 Å². The van der Waals surface area contributed by atoms with Crippen LogP contribution in [0.25, 0.3) is 0 Å². The van der Waals surface area contributed by atoms with Gasteiger partial charge >= 0.3 is 0 Å². The summed E-state index contributed by atoms with van der Waals surface area (Å²) in [6.07, 6.45) is 0.504. The SMILES string of the molecule is CC(C)[C@H](NS(=O)(=O)c1ccc(F)cc1)C(=O)NCC=O. The van der Waals surface area contributed by atoms with Crippen molar-refractivity contribution in [3.63, 3.8) is 0 Å². The first-order chi connectivity index (χ1) is 9.77. The van der Waals surface area contributed by atoms with Crippen molar-refractivity contribution in [2.75, 3.05) is 6.54 Å². The first kappa shape index (κ1) is 17.3. The fourth-order valence-corrected chi connectivity index (χ4v) is 2.94. The molecule has 0 fully saturated rings.